The summed E-state index contributed by atoms with van der Waals surface area (Å²) in [5, 5.41) is 11.3. The summed E-state index contributed by atoms with van der Waals surface area (Å²) in [6.07, 6.45) is -0.260. The van der Waals surface area contributed by atoms with E-state index in [0.717, 1.165) is 0 Å². The van der Waals surface area contributed by atoms with Crippen molar-refractivity contribution in [2.75, 3.05) is 53.0 Å². The van der Waals surface area contributed by atoms with Crippen LogP contribution in [-0.2, 0) is 19.1 Å². The van der Waals surface area contributed by atoms with Gasteiger partial charge in [0.15, 0.2) is 6.61 Å². The Kier molecular flexibility index (Phi) is 8.02. The maximum absolute atomic E-state index is 12.3. The molecule has 9 nitrogen and oxygen atoms in total. The predicted octanol–water partition coefficient (Wildman–Crippen LogP) is -0.575. The zero-order valence-electron chi connectivity index (χ0n) is 15.3. The number of hydrogen-bond acceptors (Lipinski definition) is 6. The second kappa shape index (κ2) is 10.5. The molecule has 0 saturated carbocycles. The number of carbonyl (C=O) groups is 3. The SMILES string of the molecule is CN(CC(=O)O)CC1CN(C(=O)CNC(=O)COc2ccccc2)CCO1. The summed E-state index contributed by atoms with van der Waals surface area (Å²) in [6, 6.07) is 8.95. The zero-order chi connectivity index (χ0) is 19.6. The van der Waals surface area contributed by atoms with E-state index >= 15 is 0 Å². The number of morpholine rings is 1. The van der Waals surface area contributed by atoms with Gasteiger partial charge in [0, 0.05) is 19.6 Å². The predicted molar refractivity (Wildman–Crippen MR) is 96.4 cm³/mol. The second-order valence-corrected chi connectivity index (χ2v) is 6.30. The number of likely N-dealkylation sites (N-methyl/N-ethyl adjacent to an activating group) is 1. The molecule has 2 amide bonds. The number of carbonyl (C=O) groups excluding carboxylic acids is 2. The molecule has 1 aromatic carbocycles. The molecule has 0 radical (unpaired) electrons. The first-order valence-electron chi connectivity index (χ1n) is 8.68. The quantitative estimate of drug-likeness (QED) is 0.591. The highest BCUT2D eigenvalue weighted by molar-refractivity contribution is 5.85. The van der Waals surface area contributed by atoms with Gasteiger partial charge >= 0.3 is 5.97 Å². The molecule has 0 aliphatic carbocycles. The first-order valence-corrected chi connectivity index (χ1v) is 8.68. The number of nitrogens with one attached hydrogen (secondary N) is 1. The molecule has 1 fully saturated rings. The van der Waals surface area contributed by atoms with Crippen molar-refractivity contribution in [1.82, 2.24) is 15.1 Å². The Morgan fingerprint density at radius 1 is 1.33 bits per heavy atom. The van der Waals surface area contributed by atoms with E-state index in [-0.39, 0.29) is 37.6 Å². The molecule has 0 aromatic heterocycles. The highest BCUT2D eigenvalue weighted by atomic mass is 16.5. The highest BCUT2D eigenvalue weighted by Gasteiger charge is 2.25. The standard InChI is InChI=1S/C18H25N3O6/c1-20(12-18(24)25)10-15-11-21(7-8-26-15)17(23)9-19-16(22)13-27-14-5-3-2-4-6-14/h2-6,15H,7-13H2,1H3,(H,19,22)(H,24,25). The molecule has 2 rings (SSSR count). The number of para-hydroxylation sites is 1. The van der Waals surface area contributed by atoms with Crippen LogP contribution in [0.15, 0.2) is 30.3 Å². The molecule has 148 valence electrons. The molecule has 1 aliphatic rings. The van der Waals surface area contributed by atoms with Gasteiger partial charge in [-0.3, -0.25) is 19.3 Å². The van der Waals surface area contributed by atoms with Crippen molar-refractivity contribution < 1.29 is 29.0 Å². The maximum atomic E-state index is 12.3. The van der Waals surface area contributed by atoms with Crippen LogP contribution < -0.4 is 10.1 Å². The van der Waals surface area contributed by atoms with E-state index in [1.165, 1.54) is 0 Å². The topological polar surface area (TPSA) is 108 Å². The summed E-state index contributed by atoms with van der Waals surface area (Å²) in [7, 11) is 1.69. The van der Waals surface area contributed by atoms with E-state index in [1.807, 2.05) is 6.07 Å². The molecule has 1 aromatic rings. The Hall–Kier alpha value is -2.65. The summed E-state index contributed by atoms with van der Waals surface area (Å²) in [5.74, 6) is -0.919. The Labute approximate surface area is 157 Å². The minimum Gasteiger partial charge on any atom is -0.484 e. The van der Waals surface area contributed by atoms with Gasteiger partial charge in [0.2, 0.25) is 5.91 Å². The van der Waals surface area contributed by atoms with E-state index in [4.69, 9.17) is 14.6 Å². The lowest BCUT2D eigenvalue weighted by molar-refractivity contribution is -0.142. The van der Waals surface area contributed by atoms with Crippen LogP contribution in [0.4, 0.5) is 0 Å². The summed E-state index contributed by atoms with van der Waals surface area (Å²) >= 11 is 0. The molecule has 1 heterocycles. The van der Waals surface area contributed by atoms with Crippen LogP contribution in [0.2, 0.25) is 0 Å². The van der Waals surface area contributed by atoms with Crippen molar-refractivity contribution in [3.8, 4) is 5.75 Å². The average molecular weight is 379 g/mol. The first kappa shape index (κ1) is 20.7. The minimum absolute atomic E-state index is 0.0920. The number of nitrogens with zero attached hydrogens (tertiary/aromatic N) is 2. The maximum Gasteiger partial charge on any atom is 0.317 e. The lowest BCUT2D eigenvalue weighted by Crippen LogP contribution is -2.52. The molecular formula is C18H25N3O6. The Bertz CT molecular complexity index is 639. The lowest BCUT2D eigenvalue weighted by Gasteiger charge is -2.34. The van der Waals surface area contributed by atoms with E-state index in [0.29, 0.717) is 32.0 Å². The molecule has 1 saturated heterocycles. The van der Waals surface area contributed by atoms with Crippen molar-refractivity contribution in [3.05, 3.63) is 30.3 Å². The summed E-state index contributed by atoms with van der Waals surface area (Å²) in [4.78, 5) is 38.1. The van der Waals surface area contributed by atoms with Crippen LogP contribution in [0.3, 0.4) is 0 Å². The van der Waals surface area contributed by atoms with Gasteiger partial charge in [0.05, 0.1) is 25.8 Å². The van der Waals surface area contributed by atoms with E-state index in [1.54, 1.807) is 41.1 Å². The molecule has 1 aliphatic heterocycles. The van der Waals surface area contributed by atoms with Crippen molar-refractivity contribution in [2.24, 2.45) is 0 Å². The van der Waals surface area contributed by atoms with Crippen molar-refractivity contribution >= 4 is 17.8 Å². The van der Waals surface area contributed by atoms with Crippen molar-refractivity contribution in [1.29, 1.82) is 0 Å². The van der Waals surface area contributed by atoms with Gasteiger partial charge in [-0.25, -0.2) is 0 Å². The van der Waals surface area contributed by atoms with Crippen LogP contribution in [0.5, 0.6) is 5.75 Å². The summed E-state index contributed by atoms with van der Waals surface area (Å²) in [5.41, 5.74) is 0. The van der Waals surface area contributed by atoms with E-state index in [9.17, 15) is 14.4 Å². The third-order valence-electron chi connectivity index (χ3n) is 3.96. The number of carboxylic acid groups (broad SMARTS) is 1. The van der Waals surface area contributed by atoms with Crippen LogP contribution in [0.1, 0.15) is 0 Å². The number of ether oxygens (including phenoxy) is 2. The first-order chi connectivity index (χ1) is 12.9. The van der Waals surface area contributed by atoms with Crippen LogP contribution in [-0.4, -0.2) is 91.8 Å². The molecule has 1 atom stereocenters. The number of amides is 2. The second-order valence-electron chi connectivity index (χ2n) is 6.30. The summed E-state index contributed by atoms with van der Waals surface area (Å²) in [6.45, 7) is 1.21. The monoisotopic (exact) mass is 379 g/mol. The average Bonchev–Trinajstić information content (AvgIpc) is 2.64. The van der Waals surface area contributed by atoms with E-state index < -0.39 is 5.97 Å². The third-order valence-corrected chi connectivity index (χ3v) is 3.96. The smallest absolute Gasteiger partial charge is 0.317 e. The van der Waals surface area contributed by atoms with Crippen LogP contribution in [0.25, 0.3) is 0 Å². The van der Waals surface area contributed by atoms with Gasteiger partial charge in [-0.2, -0.15) is 0 Å². The van der Waals surface area contributed by atoms with E-state index in [2.05, 4.69) is 5.32 Å². The number of aliphatic carboxylic acids is 1. The Balaban J connectivity index is 1.69. The highest BCUT2D eigenvalue weighted by Crippen LogP contribution is 2.08. The number of benzene rings is 1. The molecule has 1 unspecified atom stereocenters. The van der Waals surface area contributed by atoms with Crippen LogP contribution in [0, 0.1) is 0 Å². The van der Waals surface area contributed by atoms with Gasteiger partial charge in [0.25, 0.3) is 5.91 Å². The normalized spacial score (nSPS) is 16.8. The fraction of sp³-hybridized carbons (Fsp3) is 0.500. The molecule has 27 heavy (non-hydrogen) atoms. The molecular weight excluding hydrogens is 354 g/mol. The van der Waals surface area contributed by atoms with Gasteiger partial charge < -0.3 is 24.8 Å². The zero-order valence-corrected chi connectivity index (χ0v) is 15.3. The number of carboxylic acids is 1. The molecule has 0 spiro atoms. The summed E-state index contributed by atoms with van der Waals surface area (Å²) < 4.78 is 10.9. The molecule has 0 bridgehead atoms. The van der Waals surface area contributed by atoms with Gasteiger partial charge in [-0.15, -0.1) is 0 Å². The fourth-order valence-corrected chi connectivity index (χ4v) is 2.70. The fourth-order valence-electron chi connectivity index (χ4n) is 2.70. The number of hydrogen-bond donors (Lipinski definition) is 2. The van der Waals surface area contributed by atoms with Crippen molar-refractivity contribution in [3.63, 3.8) is 0 Å². The molecule has 9 heteroatoms. The van der Waals surface area contributed by atoms with Crippen molar-refractivity contribution in [2.45, 2.75) is 6.10 Å². The molecule has 2 N–H and O–H groups in total. The minimum atomic E-state index is -0.915. The largest absolute Gasteiger partial charge is 0.484 e. The van der Waals surface area contributed by atoms with Crippen LogP contribution >= 0.6 is 0 Å². The Morgan fingerprint density at radius 3 is 2.78 bits per heavy atom. The Morgan fingerprint density at radius 2 is 2.07 bits per heavy atom. The van der Waals surface area contributed by atoms with Gasteiger partial charge in [-0.05, 0) is 19.2 Å². The number of rotatable bonds is 9. The lowest BCUT2D eigenvalue weighted by atomic mass is 10.2. The third kappa shape index (κ3) is 7.63. The van der Waals surface area contributed by atoms with Gasteiger partial charge in [-0.1, -0.05) is 18.2 Å². The van der Waals surface area contributed by atoms with Gasteiger partial charge in [0.1, 0.15) is 5.75 Å².